The summed E-state index contributed by atoms with van der Waals surface area (Å²) in [6.07, 6.45) is 2.43. The van der Waals surface area contributed by atoms with Crippen LogP contribution in [-0.2, 0) is 0 Å². The molecule has 1 fully saturated rings. The van der Waals surface area contributed by atoms with Crippen molar-refractivity contribution in [2.45, 2.75) is 44.7 Å². The molecule has 0 amide bonds. The van der Waals surface area contributed by atoms with Crippen LogP contribution in [0.2, 0.25) is 0 Å². The Morgan fingerprint density at radius 2 is 1.85 bits per heavy atom. The van der Waals surface area contributed by atoms with Crippen LogP contribution in [0.1, 0.15) is 48.8 Å². The van der Waals surface area contributed by atoms with Crippen molar-refractivity contribution in [3.05, 3.63) is 58.0 Å². The Hall–Kier alpha value is -1.06. The molecule has 3 heteroatoms. The highest BCUT2D eigenvalue weighted by molar-refractivity contribution is 9.10. The first-order valence-corrected chi connectivity index (χ1v) is 7.99. The molecule has 20 heavy (non-hydrogen) atoms. The lowest BCUT2D eigenvalue weighted by molar-refractivity contribution is 0.257. The van der Waals surface area contributed by atoms with Crippen molar-refractivity contribution in [2.75, 3.05) is 0 Å². The summed E-state index contributed by atoms with van der Waals surface area (Å²) in [7, 11) is 0. The molecule has 1 aromatic heterocycles. The molecular formula is C17H20BrNO. The summed E-state index contributed by atoms with van der Waals surface area (Å²) < 4.78 is 6.82. The van der Waals surface area contributed by atoms with Gasteiger partial charge in [-0.25, -0.2) is 0 Å². The molecule has 1 aromatic carbocycles. The van der Waals surface area contributed by atoms with Gasteiger partial charge in [-0.3, -0.25) is 0 Å². The van der Waals surface area contributed by atoms with Gasteiger partial charge in [0, 0.05) is 10.5 Å². The summed E-state index contributed by atoms with van der Waals surface area (Å²) in [4.78, 5) is 0. The third-order valence-electron chi connectivity index (χ3n) is 4.15. The quantitative estimate of drug-likeness (QED) is 0.856. The molecule has 1 atom stereocenters. The van der Waals surface area contributed by atoms with E-state index in [0.29, 0.717) is 18.0 Å². The number of hydrogen-bond acceptors (Lipinski definition) is 2. The van der Waals surface area contributed by atoms with E-state index in [1.807, 2.05) is 13.0 Å². The largest absolute Gasteiger partial charge is 0.465 e. The van der Waals surface area contributed by atoms with Crippen molar-refractivity contribution < 1.29 is 4.42 Å². The molecule has 1 heterocycles. The Kier molecular flexibility index (Phi) is 3.99. The zero-order valence-electron chi connectivity index (χ0n) is 11.9. The van der Waals surface area contributed by atoms with Crippen LogP contribution in [0, 0.1) is 6.92 Å². The summed E-state index contributed by atoms with van der Waals surface area (Å²) in [5.74, 6) is 2.72. The molecule has 0 bridgehead atoms. The minimum absolute atomic E-state index is 0.291. The molecule has 1 N–H and O–H groups in total. The zero-order valence-corrected chi connectivity index (χ0v) is 13.5. The average Bonchev–Trinajstić information content (AvgIpc) is 2.81. The molecule has 0 aliphatic heterocycles. The van der Waals surface area contributed by atoms with Crippen molar-refractivity contribution in [3.63, 3.8) is 0 Å². The number of benzene rings is 1. The van der Waals surface area contributed by atoms with Crippen molar-refractivity contribution in [3.8, 4) is 0 Å². The molecule has 2 aromatic rings. The average molecular weight is 334 g/mol. The lowest BCUT2D eigenvalue weighted by atomic mass is 9.75. The Morgan fingerprint density at radius 1 is 1.15 bits per heavy atom. The van der Waals surface area contributed by atoms with Crippen LogP contribution in [0.15, 0.2) is 45.3 Å². The zero-order chi connectivity index (χ0) is 14.1. The van der Waals surface area contributed by atoms with Crippen molar-refractivity contribution in [2.24, 2.45) is 0 Å². The Balaban J connectivity index is 1.52. The van der Waals surface area contributed by atoms with Gasteiger partial charge in [-0.1, -0.05) is 28.1 Å². The van der Waals surface area contributed by atoms with E-state index in [4.69, 9.17) is 4.42 Å². The number of rotatable bonds is 4. The van der Waals surface area contributed by atoms with Gasteiger partial charge in [-0.15, -0.1) is 0 Å². The molecule has 3 rings (SSSR count). The first-order chi connectivity index (χ1) is 9.61. The van der Waals surface area contributed by atoms with E-state index in [-0.39, 0.29) is 0 Å². The number of halogens is 1. The minimum Gasteiger partial charge on any atom is -0.465 e. The summed E-state index contributed by atoms with van der Waals surface area (Å²) in [6.45, 7) is 4.16. The highest BCUT2D eigenvalue weighted by Gasteiger charge is 2.31. The molecule has 1 saturated carbocycles. The molecule has 0 radical (unpaired) electrons. The highest BCUT2D eigenvalue weighted by Crippen LogP contribution is 2.38. The van der Waals surface area contributed by atoms with E-state index >= 15 is 0 Å². The topological polar surface area (TPSA) is 25.2 Å². The Labute approximate surface area is 128 Å². The number of nitrogens with one attached hydrogen (secondary N) is 1. The summed E-state index contributed by atoms with van der Waals surface area (Å²) >= 11 is 3.48. The molecule has 1 aliphatic carbocycles. The van der Waals surface area contributed by atoms with Crippen LogP contribution >= 0.6 is 15.9 Å². The van der Waals surface area contributed by atoms with Gasteiger partial charge in [-0.05, 0) is 62.4 Å². The first kappa shape index (κ1) is 13.9. The second kappa shape index (κ2) is 5.74. The molecule has 1 unspecified atom stereocenters. The lowest BCUT2D eigenvalue weighted by Gasteiger charge is -2.37. The third kappa shape index (κ3) is 2.99. The van der Waals surface area contributed by atoms with Crippen LogP contribution in [0.4, 0.5) is 0 Å². The molecule has 106 valence electrons. The van der Waals surface area contributed by atoms with Gasteiger partial charge in [-0.2, -0.15) is 0 Å². The van der Waals surface area contributed by atoms with Gasteiger partial charge < -0.3 is 9.73 Å². The van der Waals surface area contributed by atoms with Gasteiger partial charge in [0.05, 0.1) is 6.04 Å². The lowest BCUT2D eigenvalue weighted by Crippen LogP contribution is -2.41. The SMILES string of the molecule is Cc1ccc(C(C)NC2CC(c3ccc(Br)cc3)C2)o1. The van der Waals surface area contributed by atoms with Crippen LogP contribution < -0.4 is 5.32 Å². The number of aryl methyl sites for hydroxylation is 1. The van der Waals surface area contributed by atoms with E-state index in [9.17, 15) is 0 Å². The van der Waals surface area contributed by atoms with Gasteiger partial charge in [0.2, 0.25) is 0 Å². The molecule has 2 nitrogen and oxygen atoms in total. The Bertz CT molecular complexity index is 569. The normalized spacial score (nSPS) is 23.4. The summed E-state index contributed by atoms with van der Waals surface area (Å²) in [6, 6.07) is 13.7. The van der Waals surface area contributed by atoms with E-state index < -0.39 is 0 Å². The smallest absolute Gasteiger partial charge is 0.120 e. The standard InChI is InChI=1S/C17H20BrNO/c1-11-3-8-17(20-11)12(2)19-16-9-14(10-16)13-4-6-15(18)7-5-13/h3-8,12,14,16,19H,9-10H2,1-2H3. The monoisotopic (exact) mass is 333 g/mol. The van der Waals surface area contributed by atoms with Crippen molar-refractivity contribution in [1.29, 1.82) is 0 Å². The molecular weight excluding hydrogens is 314 g/mol. The molecule has 0 spiro atoms. The fourth-order valence-electron chi connectivity index (χ4n) is 2.88. The summed E-state index contributed by atoms with van der Waals surface area (Å²) in [5.41, 5.74) is 1.45. The minimum atomic E-state index is 0.291. The molecule has 1 aliphatic rings. The predicted molar refractivity (Wildman–Crippen MR) is 84.9 cm³/mol. The fraction of sp³-hybridized carbons (Fsp3) is 0.412. The van der Waals surface area contributed by atoms with E-state index in [2.05, 4.69) is 58.5 Å². The Morgan fingerprint density at radius 3 is 2.45 bits per heavy atom. The van der Waals surface area contributed by atoms with Gasteiger partial charge in [0.15, 0.2) is 0 Å². The van der Waals surface area contributed by atoms with E-state index in [1.165, 1.54) is 18.4 Å². The number of hydrogen-bond donors (Lipinski definition) is 1. The van der Waals surface area contributed by atoms with Crippen LogP contribution in [0.25, 0.3) is 0 Å². The second-order valence-corrected chi connectivity index (χ2v) is 6.67. The van der Waals surface area contributed by atoms with Gasteiger partial charge >= 0.3 is 0 Å². The van der Waals surface area contributed by atoms with E-state index in [0.717, 1.165) is 16.0 Å². The number of furan rings is 1. The maximum atomic E-state index is 5.67. The van der Waals surface area contributed by atoms with Crippen molar-refractivity contribution >= 4 is 15.9 Å². The maximum Gasteiger partial charge on any atom is 0.120 e. The van der Waals surface area contributed by atoms with Gasteiger partial charge in [0.25, 0.3) is 0 Å². The summed E-state index contributed by atoms with van der Waals surface area (Å²) in [5, 5.41) is 3.65. The van der Waals surface area contributed by atoms with Crippen molar-refractivity contribution in [1.82, 2.24) is 5.32 Å². The highest BCUT2D eigenvalue weighted by atomic mass is 79.9. The van der Waals surface area contributed by atoms with Crippen LogP contribution in [-0.4, -0.2) is 6.04 Å². The fourth-order valence-corrected chi connectivity index (χ4v) is 3.15. The van der Waals surface area contributed by atoms with Gasteiger partial charge in [0.1, 0.15) is 11.5 Å². The van der Waals surface area contributed by atoms with Crippen LogP contribution in [0.5, 0.6) is 0 Å². The third-order valence-corrected chi connectivity index (χ3v) is 4.68. The molecule has 0 saturated heterocycles. The first-order valence-electron chi connectivity index (χ1n) is 7.19. The maximum absolute atomic E-state index is 5.67. The van der Waals surface area contributed by atoms with Crippen LogP contribution in [0.3, 0.4) is 0 Å². The predicted octanol–water partition coefficient (Wildman–Crippen LogP) is 4.95. The van der Waals surface area contributed by atoms with E-state index in [1.54, 1.807) is 0 Å². The second-order valence-electron chi connectivity index (χ2n) is 5.75.